The maximum Gasteiger partial charge on any atom is 0.191 e. The Labute approximate surface area is 108 Å². The molecule has 0 aliphatic carbocycles. The van der Waals surface area contributed by atoms with E-state index in [0.717, 1.165) is 18.9 Å². The van der Waals surface area contributed by atoms with E-state index in [-0.39, 0.29) is 0 Å². The molecule has 2 atom stereocenters. The summed E-state index contributed by atoms with van der Waals surface area (Å²) in [4.78, 5) is 4.23. The minimum absolute atomic E-state index is 0.456. The SMILES string of the molecule is CCC(C)NC(=NC)NCC(C)c1ccsc1. The lowest BCUT2D eigenvalue weighted by molar-refractivity contribution is 0.615. The van der Waals surface area contributed by atoms with Gasteiger partial charge in [0.2, 0.25) is 0 Å². The third-order valence-electron chi connectivity index (χ3n) is 2.91. The minimum Gasteiger partial charge on any atom is -0.356 e. The molecule has 1 heterocycles. The fourth-order valence-electron chi connectivity index (χ4n) is 1.45. The molecule has 0 saturated heterocycles. The van der Waals surface area contributed by atoms with Crippen molar-refractivity contribution in [3.05, 3.63) is 22.4 Å². The van der Waals surface area contributed by atoms with Gasteiger partial charge < -0.3 is 10.6 Å². The highest BCUT2D eigenvalue weighted by molar-refractivity contribution is 7.07. The van der Waals surface area contributed by atoms with Gasteiger partial charge in [0.1, 0.15) is 0 Å². The second-order valence-corrected chi connectivity index (χ2v) is 5.14. The lowest BCUT2D eigenvalue weighted by atomic mass is 10.1. The van der Waals surface area contributed by atoms with E-state index in [1.54, 1.807) is 11.3 Å². The molecule has 1 aromatic heterocycles. The standard InChI is InChI=1S/C13H23N3S/c1-5-11(3)16-13(14-4)15-8-10(2)12-6-7-17-9-12/h6-7,9-11H,5,8H2,1-4H3,(H2,14,15,16). The first-order valence-corrected chi connectivity index (χ1v) is 7.10. The molecule has 2 unspecified atom stereocenters. The molecule has 0 fully saturated rings. The van der Waals surface area contributed by atoms with Gasteiger partial charge in [-0.05, 0) is 41.7 Å². The van der Waals surface area contributed by atoms with E-state index in [9.17, 15) is 0 Å². The molecule has 4 heteroatoms. The molecule has 0 bridgehead atoms. The first kappa shape index (κ1) is 14.0. The van der Waals surface area contributed by atoms with Crippen LogP contribution >= 0.6 is 11.3 Å². The first-order chi connectivity index (χ1) is 8.17. The van der Waals surface area contributed by atoms with Crippen LogP contribution in [0.1, 0.15) is 38.7 Å². The minimum atomic E-state index is 0.456. The molecular formula is C13H23N3S. The van der Waals surface area contributed by atoms with E-state index in [1.165, 1.54) is 5.56 Å². The summed E-state index contributed by atoms with van der Waals surface area (Å²) in [5, 5.41) is 11.1. The van der Waals surface area contributed by atoms with Crippen LogP contribution in [0.15, 0.2) is 21.8 Å². The molecule has 96 valence electrons. The molecule has 0 aliphatic rings. The molecule has 1 aromatic rings. The fraction of sp³-hybridized carbons (Fsp3) is 0.615. The van der Waals surface area contributed by atoms with Crippen molar-refractivity contribution >= 4 is 17.3 Å². The van der Waals surface area contributed by atoms with Crippen LogP contribution < -0.4 is 10.6 Å². The van der Waals surface area contributed by atoms with Gasteiger partial charge in [0.25, 0.3) is 0 Å². The van der Waals surface area contributed by atoms with E-state index in [2.05, 4.69) is 53.2 Å². The number of nitrogens with one attached hydrogen (secondary N) is 2. The van der Waals surface area contributed by atoms with Gasteiger partial charge in [-0.15, -0.1) is 0 Å². The summed E-state index contributed by atoms with van der Waals surface area (Å²) in [7, 11) is 1.81. The highest BCUT2D eigenvalue weighted by atomic mass is 32.1. The van der Waals surface area contributed by atoms with Crippen molar-refractivity contribution in [2.45, 2.75) is 39.2 Å². The Bertz CT molecular complexity index is 332. The average Bonchev–Trinajstić information content (AvgIpc) is 2.87. The van der Waals surface area contributed by atoms with E-state index in [1.807, 2.05) is 7.05 Å². The molecule has 0 saturated carbocycles. The topological polar surface area (TPSA) is 36.4 Å². The van der Waals surface area contributed by atoms with Gasteiger partial charge >= 0.3 is 0 Å². The maximum absolute atomic E-state index is 4.23. The Balaban J connectivity index is 2.38. The number of rotatable bonds is 5. The summed E-state index contributed by atoms with van der Waals surface area (Å²) < 4.78 is 0. The zero-order chi connectivity index (χ0) is 12.7. The van der Waals surface area contributed by atoms with E-state index >= 15 is 0 Å². The van der Waals surface area contributed by atoms with Crippen LogP contribution in [0.3, 0.4) is 0 Å². The van der Waals surface area contributed by atoms with Crippen molar-refractivity contribution in [1.82, 2.24) is 10.6 Å². The predicted octanol–water partition coefficient (Wildman–Crippen LogP) is 2.82. The highest BCUT2D eigenvalue weighted by Crippen LogP contribution is 2.16. The predicted molar refractivity (Wildman–Crippen MR) is 77.0 cm³/mol. The Kier molecular flexibility index (Phi) is 6.05. The summed E-state index contributed by atoms with van der Waals surface area (Å²) >= 11 is 1.75. The number of guanidine groups is 1. The van der Waals surface area contributed by atoms with Gasteiger partial charge in [-0.3, -0.25) is 4.99 Å². The molecule has 0 aliphatic heterocycles. The van der Waals surface area contributed by atoms with Crippen LogP contribution in [0.5, 0.6) is 0 Å². The molecule has 1 rings (SSSR count). The second kappa shape index (κ2) is 7.33. The zero-order valence-electron chi connectivity index (χ0n) is 11.2. The number of hydrogen-bond donors (Lipinski definition) is 2. The number of nitrogens with zero attached hydrogens (tertiary/aromatic N) is 1. The lowest BCUT2D eigenvalue weighted by Crippen LogP contribution is -2.43. The molecule has 0 radical (unpaired) electrons. The molecule has 17 heavy (non-hydrogen) atoms. The Morgan fingerprint density at radius 1 is 1.47 bits per heavy atom. The van der Waals surface area contributed by atoms with Gasteiger partial charge in [0, 0.05) is 19.6 Å². The van der Waals surface area contributed by atoms with Gasteiger partial charge in [-0.25, -0.2) is 0 Å². The smallest absolute Gasteiger partial charge is 0.191 e. The second-order valence-electron chi connectivity index (χ2n) is 4.36. The lowest BCUT2D eigenvalue weighted by Gasteiger charge is -2.18. The third kappa shape index (κ3) is 4.77. The van der Waals surface area contributed by atoms with Crippen molar-refractivity contribution in [3.63, 3.8) is 0 Å². The third-order valence-corrected chi connectivity index (χ3v) is 3.61. The summed E-state index contributed by atoms with van der Waals surface area (Å²) in [5.41, 5.74) is 1.39. The van der Waals surface area contributed by atoms with Crippen LogP contribution in [0.4, 0.5) is 0 Å². The van der Waals surface area contributed by atoms with Crippen molar-refractivity contribution < 1.29 is 0 Å². The Hall–Kier alpha value is -1.03. The Morgan fingerprint density at radius 3 is 2.76 bits per heavy atom. The van der Waals surface area contributed by atoms with Crippen molar-refractivity contribution in [1.29, 1.82) is 0 Å². The quantitative estimate of drug-likeness (QED) is 0.625. The number of hydrogen-bond acceptors (Lipinski definition) is 2. The maximum atomic E-state index is 4.23. The average molecular weight is 253 g/mol. The zero-order valence-corrected chi connectivity index (χ0v) is 12.0. The van der Waals surface area contributed by atoms with Crippen molar-refractivity contribution in [2.24, 2.45) is 4.99 Å². The van der Waals surface area contributed by atoms with Crippen LogP contribution in [0.2, 0.25) is 0 Å². The first-order valence-electron chi connectivity index (χ1n) is 6.16. The molecule has 3 nitrogen and oxygen atoms in total. The molecular weight excluding hydrogens is 230 g/mol. The van der Waals surface area contributed by atoms with Crippen LogP contribution in [0, 0.1) is 0 Å². The van der Waals surface area contributed by atoms with E-state index in [0.29, 0.717) is 12.0 Å². The summed E-state index contributed by atoms with van der Waals surface area (Å²) in [6.07, 6.45) is 1.10. The normalized spacial score (nSPS) is 15.4. The monoisotopic (exact) mass is 253 g/mol. The van der Waals surface area contributed by atoms with Crippen molar-refractivity contribution in [3.8, 4) is 0 Å². The molecule has 0 spiro atoms. The summed E-state index contributed by atoms with van der Waals surface area (Å²) in [6, 6.07) is 2.64. The van der Waals surface area contributed by atoms with Crippen LogP contribution in [-0.2, 0) is 0 Å². The van der Waals surface area contributed by atoms with Crippen LogP contribution in [0.25, 0.3) is 0 Å². The summed E-state index contributed by atoms with van der Waals surface area (Å²) in [6.45, 7) is 7.46. The molecule has 0 amide bonds. The fourth-order valence-corrected chi connectivity index (χ4v) is 2.24. The number of aliphatic imine (C=N–C) groups is 1. The highest BCUT2D eigenvalue weighted by Gasteiger charge is 2.07. The molecule has 2 N–H and O–H groups in total. The van der Waals surface area contributed by atoms with E-state index in [4.69, 9.17) is 0 Å². The van der Waals surface area contributed by atoms with E-state index < -0.39 is 0 Å². The number of thiophene rings is 1. The van der Waals surface area contributed by atoms with Gasteiger partial charge in [0.05, 0.1) is 0 Å². The van der Waals surface area contributed by atoms with Crippen molar-refractivity contribution in [2.75, 3.05) is 13.6 Å². The van der Waals surface area contributed by atoms with Crippen LogP contribution in [-0.4, -0.2) is 25.6 Å². The van der Waals surface area contributed by atoms with Gasteiger partial charge in [-0.1, -0.05) is 13.8 Å². The van der Waals surface area contributed by atoms with Gasteiger partial charge in [-0.2, -0.15) is 11.3 Å². The Morgan fingerprint density at radius 2 is 2.24 bits per heavy atom. The van der Waals surface area contributed by atoms with Gasteiger partial charge in [0.15, 0.2) is 5.96 Å². The molecule has 0 aromatic carbocycles. The summed E-state index contributed by atoms with van der Waals surface area (Å²) in [5.74, 6) is 1.40. The largest absolute Gasteiger partial charge is 0.356 e.